The SMILES string of the molecule is C/C=C\CCc1ccc(C)cc1F. The molecule has 0 unspecified atom stereocenters. The van der Waals surface area contributed by atoms with Gasteiger partial charge in [-0.2, -0.15) is 0 Å². The summed E-state index contributed by atoms with van der Waals surface area (Å²) < 4.78 is 13.3. The second-order valence-electron chi connectivity index (χ2n) is 3.20. The van der Waals surface area contributed by atoms with E-state index in [2.05, 4.69) is 6.08 Å². The molecule has 0 heterocycles. The van der Waals surface area contributed by atoms with Crippen molar-refractivity contribution in [3.63, 3.8) is 0 Å². The van der Waals surface area contributed by atoms with Crippen molar-refractivity contribution in [2.75, 3.05) is 0 Å². The Bertz CT molecular complexity index is 300. The van der Waals surface area contributed by atoms with Crippen molar-refractivity contribution < 1.29 is 4.39 Å². The van der Waals surface area contributed by atoms with Crippen LogP contribution in [0.2, 0.25) is 0 Å². The average Bonchev–Trinajstić information content (AvgIpc) is 2.09. The average molecular weight is 178 g/mol. The number of hydrogen-bond donors (Lipinski definition) is 0. The second-order valence-corrected chi connectivity index (χ2v) is 3.20. The maximum Gasteiger partial charge on any atom is 0.126 e. The lowest BCUT2D eigenvalue weighted by atomic mass is 10.1. The molecule has 0 saturated carbocycles. The van der Waals surface area contributed by atoms with Gasteiger partial charge in [-0.3, -0.25) is 0 Å². The van der Waals surface area contributed by atoms with Crippen molar-refractivity contribution in [3.05, 3.63) is 47.3 Å². The first-order valence-electron chi connectivity index (χ1n) is 4.60. The van der Waals surface area contributed by atoms with Crippen LogP contribution in [-0.2, 0) is 6.42 Å². The summed E-state index contributed by atoms with van der Waals surface area (Å²) in [4.78, 5) is 0. The van der Waals surface area contributed by atoms with Gasteiger partial charge in [0.1, 0.15) is 5.82 Å². The molecule has 0 spiro atoms. The summed E-state index contributed by atoms with van der Waals surface area (Å²) in [6.07, 6.45) is 5.75. The third-order valence-electron chi connectivity index (χ3n) is 2.02. The Hall–Kier alpha value is -1.11. The van der Waals surface area contributed by atoms with E-state index in [0.717, 1.165) is 24.0 Å². The summed E-state index contributed by atoms with van der Waals surface area (Å²) >= 11 is 0. The highest BCUT2D eigenvalue weighted by atomic mass is 19.1. The van der Waals surface area contributed by atoms with Gasteiger partial charge in [-0.05, 0) is 43.9 Å². The Kier molecular flexibility index (Phi) is 3.69. The molecule has 0 amide bonds. The first kappa shape index (κ1) is 9.97. The molecule has 0 aliphatic carbocycles. The summed E-state index contributed by atoms with van der Waals surface area (Å²) in [6, 6.07) is 5.41. The molecule has 0 saturated heterocycles. The van der Waals surface area contributed by atoms with Gasteiger partial charge >= 0.3 is 0 Å². The third-order valence-corrected chi connectivity index (χ3v) is 2.02. The minimum atomic E-state index is -0.0792. The monoisotopic (exact) mass is 178 g/mol. The Balaban J connectivity index is 2.66. The summed E-state index contributed by atoms with van der Waals surface area (Å²) in [5, 5.41) is 0. The van der Waals surface area contributed by atoms with Gasteiger partial charge in [0, 0.05) is 0 Å². The van der Waals surface area contributed by atoms with Crippen molar-refractivity contribution >= 4 is 0 Å². The molecule has 0 radical (unpaired) electrons. The molecule has 0 atom stereocenters. The fourth-order valence-electron chi connectivity index (χ4n) is 1.26. The smallest absolute Gasteiger partial charge is 0.126 e. The molecule has 0 nitrogen and oxygen atoms in total. The summed E-state index contributed by atoms with van der Waals surface area (Å²) in [6.45, 7) is 3.88. The van der Waals surface area contributed by atoms with Gasteiger partial charge < -0.3 is 0 Å². The highest BCUT2D eigenvalue weighted by molar-refractivity contribution is 5.23. The van der Waals surface area contributed by atoms with E-state index in [9.17, 15) is 4.39 Å². The van der Waals surface area contributed by atoms with E-state index in [1.165, 1.54) is 0 Å². The number of allylic oxidation sites excluding steroid dienone is 2. The molecule has 70 valence electrons. The van der Waals surface area contributed by atoms with E-state index >= 15 is 0 Å². The Morgan fingerprint density at radius 3 is 2.77 bits per heavy atom. The molecular weight excluding hydrogens is 163 g/mol. The number of hydrogen-bond acceptors (Lipinski definition) is 0. The lowest BCUT2D eigenvalue weighted by Crippen LogP contribution is -1.90. The van der Waals surface area contributed by atoms with Crippen LogP contribution in [0.1, 0.15) is 24.5 Å². The van der Waals surface area contributed by atoms with E-state index in [1.807, 2.05) is 32.1 Å². The van der Waals surface area contributed by atoms with Gasteiger partial charge in [-0.1, -0.05) is 24.3 Å². The minimum Gasteiger partial charge on any atom is -0.207 e. The zero-order chi connectivity index (χ0) is 9.68. The number of rotatable bonds is 3. The maximum absolute atomic E-state index is 13.3. The molecule has 1 aromatic rings. The van der Waals surface area contributed by atoms with Crippen molar-refractivity contribution in [2.24, 2.45) is 0 Å². The van der Waals surface area contributed by atoms with Crippen molar-refractivity contribution in [1.29, 1.82) is 0 Å². The molecule has 0 aromatic heterocycles. The lowest BCUT2D eigenvalue weighted by molar-refractivity contribution is 0.608. The van der Waals surface area contributed by atoms with Crippen LogP contribution in [0.4, 0.5) is 4.39 Å². The van der Waals surface area contributed by atoms with Gasteiger partial charge in [0.2, 0.25) is 0 Å². The molecular formula is C12H15F. The Labute approximate surface area is 79.1 Å². The van der Waals surface area contributed by atoms with Crippen molar-refractivity contribution in [2.45, 2.75) is 26.7 Å². The largest absolute Gasteiger partial charge is 0.207 e. The van der Waals surface area contributed by atoms with Gasteiger partial charge in [0.15, 0.2) is 0 Å². The highest BCUT2D eigenvalue weighted by Crippen LogP contribution is 2.11. The molecule has 1 rings (SSSR count). The van der Waals surface area contributed by atoms with Crippen LogP contribution in [0.15, 0.2) is 30.4 Å². The predicted molar refractivity (Wildman–Crippen MR) is 54.3 cm³/mol. The summed E-state index contributed by atoms with van der Waals surface area (Å²) in [7, 11) is 0. The molecule has 0 fully saturated rings. The van der Waals surface area contributed by atoms with E-state index in [4.69, 9.17) is 0 Å². The van der Waals surface area contributed by atoms with Gasteiger partial charge in [0.05, 0.1) is 0 Å². The first-order valence-corrected chi connectivity index (χ1v) is 4.60. The molecule has 13 heavy (non-hydrogen) atoms. The molecule has 0 aliphatic rings. The second kappa shape index (κ2) is 4.80. The van der Waals surface area contributed by atoms with Crippen LogP contribution in [0, 0.1) is 12.7 Å². The fourth-order valence-corrected chi connectivity index (χ4v) is 1.26. The zero-order valence-corrected chi connectivity index (χ0v) is 8.18. The van der Waals surface area contributed by atoms with Crippen LogP contribution in [0.5, 0.6) is 0 Å². The first-order chi connectivity index (χ1) is 6.24. The van der Waals surface area contributed by atoms with E-state index in [1.54, 1.807) is 6.07 Å². The van der Waals surface area contributed by atoms with Crippen LogP contribution in [-0.4, -0.2) is 0 Å². The van der Waals surface area contributed by atoms with E-state index in [-0.39, 0.29) is 5.82 Å². The molecule has 1 aromatic carbocycles. The number of aryl methyl sites for hydroxylation is 2. The topological polar surface area (TPSA) is 0 Å². The van der Waals surface area contributed by atoms with Crippen LogP contribution in [0.3, 0.4) is 0 Å². The normalized spacial score (nSPS) is 11.0. The summed E-state index contributed by atoms with van der Waals surface area (Å²) in [5.41, 5.74) is 1.79. The fraction of sp³-hybridized carbons (Fsp3) is 0.333. The highest BCUT2D eigenvalue weighted by Gasteiger charge is 1.99. The van der Waals surface area contributed by atoms with Crippen LogP contribution < -0.4 is 0 Å². The van der Waals surface area contributed by atoms with Crippen molar-refractivity contribution in [1.82, 2.24) is 0 Å². The minimum absolute atomic E-state index is 0.0792. The molecule has 0 N–H and O–H groups in total. The quantitative estimate of drug-likeness (QED) is 0.620. The number of halogens is 1. The van der Waals surface area contributed by atoms with Gasteiger partial charge in [0.25, 0.3) is 0 Å². The molecule has 0 bridgehead atoms. The van der Waals surface area contributed by atoms with Crippen molar-refractivity contribution in [3.8, 4) is 0 Å². The van der Waals surface area contributed by atoms with E-state index in [0.29, 0.717) is 0 Å². The third kappa shape index (κ3) is 3.02. The summed E-state index contributed by atoms with van der Waals surface area (Å²) in [5.74, 6) is -0.0792. The zero-order valence-electron chi connectivity index (χ0n) is 8.18. The molecule has 0 aliphatic heterocycles. The van der Waals surface area contributed by atoms with Crippen LogP contribution >= 0.6 is 0 Å². The van der Waals surface area contributed by atoms with Gasteiger partial charge in [-0.15, -0.1) is 0 Å². The number of benzene rings is 1. The van der Waals surface area contributed by atoms with Gasteiger partial charge in [-0.25, -0.2) is 4.39 Å². The van der Waals surface area contributed by atoms with Crippen LogP contribution in [0.25, 0.3) is 0 Å². The lowest BCUT2D eigenvalue weighted by Gasteiger charge is -2.01. The maximum atomic E-state index is 13.3. The Morgan fingerprint density at radius 1 is 1.38 bits per heavy atom. The predicted octanol–water partition coefficient (Wildman–Crippen LogP) is 3.64. The standard InChI is InChI=1S/C12H15F/c1-3-4-5-6-11-8-7-10(2)9-12(11)13/h3-4,7-9H,5-6H2,1-2H3/b4-3-. The Morgan fingerprint density at radius 2 is 2.15 bits per heavy atom. The van der Waals surface area contributed by atoms with E-state index < -0.39 is 0 Å². The molecule has 1 heteroatoms.